The normalized spacial score (nSPS) is 19.8. The highest BCUT2D eigenvalue weighted by molar-refractivity contribution is 6.60. The van der Waals surface area contributed by atoms with E-state index < -0.39 is 0 Å². The minimum absolute atomic E-state index is 0.0246. The number of carbonyl (C=O) groups excluding carboxylic acids is 1. The monoisotopic (exact) mass is 487 g/mol. The lowest BCUT2D eigenvalue weighted by Crippen LogP contribution is -2.46. The quantitative estimate of drug-likeness (QED) is 0.166. The lowest BCUT2D eigenvalue weighted by atomic mass is 9.74. The number of allylic oxidation sites excluding steroid dienone is 4. The number of nitrogens with zero attached hydrogens (tertiary/aromatic N) is 3. The van der Waals surface area contributed by atoms with E-state index >= 15 is 0 Å². The largest absolute Gasteiger partial charge is 0.348 e. The van der Waals surface area contributed by atoms with Gasteiger partial charge < -0.3 is 11.2 Å². The number of nitriles is 1. The summed E-state index contributed by atoms with van der Waals surface area (Å²) in [6, 6.07) is 8.20. The SMILES string of the molecule is CC/C=C/C(=C\C=C(/C)CCC)C(C)N=C/C(=N\N)C(=O)NC1CC(c2cc(CC)ccc2C#N)C1. The van der Waals surface area contributed by atoms with Crippen LogP contribution in [0.5, 0.6) is 0 Å². The lowest BCUT2D eigenvalue weighted by Gasteiger charge is -2.36. The molecule has 1 unspecified atom stereocenters. The van der Waals surface area contributed by atoms with Gasteiger partial charge in [-0.05, 0) is 74.6 Å². The van der Waals surface area contributed by atoms with Crippen LogP contribution in [0.3, 0.4) is 0 Å². The average molecular weight is 488 g/mol. The molecule has 6 heteroatoms. The van der Waals surface area contributed by atoms with E-state index in [1.54, 1.807) is 0 Å². The highest BCUT2D eigenvalue weighted by Gasteiger charge is 2.33. The van der Waals surface area contributed by atoms with Crippen molar-refractivity contribution in [2.24, 2.45) is 15.9 Å². The maximum absolute atomic E-state index is 12.8. The van der Waals surface area contributed by atoms with Gasteiger partial charge in [-0.2, -0.15) is 10.4 Å². The molecule has 0 heterocycles. The highest BCUT2D eigenvalue weighted by Crippen LogP contribution is 2.38. The van der Waals surface area contributed by atoms with Crippen LogP contribution in [0.15, 0.2) is 63.7 Å². The van der Waals surface area contributed by atoms with E-state index in [0.29, 0.717) is 5.56 Å². The van der Waals surface area contributed by atoms with Crippen molar-refractivity contribution < 1.29 is 4.79 Å². The molecule has 1 saturated carbocycles. The minimum Gasteiger partial charge on any atom is -0.348 e. The molecule has 0 spiro atoms. The van der Waals surface area contributed by atoms with E-state index in [4.69, 9.17) is 5.84 Å². The summed E-state index contributed by atoms with van der Waals surface area (Å²) < 4.78 is 0. The molecule has 2 rings (SSSR count). The zero-order valence-electron chi connectivity index (χ0n) is 22.4. The van der Waals surface area contributed by atoms with Crippen molar-refractivity contribution in [2.75, 3.05) is 0 Å². The Kier molecular flexibility index (Phi) is 11.9. The Balaban J connectivity index is 2.01. The highest BCUT2D eigenvalue weighted by atomic mass is 16.2. The summed E-state index contributed by atoms with van der Waals surface area (Å²) in [6.45, 7) is 10.5. The van der Waals surface area contributed by atoms with E-state index in [1.807, 2.05) is 19.1 Å². The number of nitrogens with two attached hydrogens (primary N) is 1. The zero-order chi connectivity index (χ0) is 26.5. The first kappa shape index (κ1) is 28.8. The molecule has 0 aliphatic heterocycles. The van der Waals surface area contributed by atoms with Gasteiger partial charge in [-0.3, -0.25) is 9.79 Å². The Labute approximate surface area is 216 Å². The van der Waals surface area contributed by atoms with Crippen LogP contribution in [-0.4, -0.2) is 29.9 Å². The van der Waals surface area contributed by atoms with Crippen molar-refractivity contribution in [3.8, 4) is 6.07 Å². The number of amides is 1. The number of nitrogens with one attached hydrogen (secondary N) is 1. The smallest absolute Gasteiger partial charge is 0.273 e. The van der Waals surface area contributed by atoms with Gasteiger partial charge in [-0.15, -0.1) is 0 Å². The van der Waals surface area contributed by atoms with Crippen molar-refractivity contribution in [3.63, 3.8) is 0 Å². The summed E-state index contributed by atoms with van der Waals surface area (Å²) in [5.74, 6) is 5.48. The van der Waals surface area contributed by atoms with Gasteiger partial charge in [-0.1, -0.05) is 69.2 Å². The third-order valence-electron chi connectivity index (χ3n) is 6.58. The Morgan fingerprint density at radius 2 is 2.03 bits per heavy atom. The standard InChI is InChI=1S/C30H41N5O/c1-6-9-11-24(14-12-21(4)10-7-2)22(5)33-20-29(35-32)30(36)34-27-17-26(18-27)28-16-23(8-3)13-15-25(28)19-31/h9,11-16,20,22,26-27H,6-8,10,17-18,32H2,1-5H3,(H,34,36)/b11-9+,21-12+,24-14+,33-20?,35-29+. The van der Waals surface area contributed by atoms with E-state index in [0.717, 1.165) is 49.7 Å². The first-order valence-corrected chi connectivity index (χ1v) is 13.0. The zero-order valence-corrected chi connectivity index (χ0v) is 22.4. The number of rotatable bonds is 12. The van der Waals surface area contributed by atoms with Gasteiger partial charge in [0.1, 0.15) is 0 Å². The Bertz CT molecular complexity index is 1080. The molecule has 1 aromatic carbocycles. The molecule has 0 aromatic heterocycles. The first-order chi connectivity index (χ1) is 17.4. The summed E-state index contributed by atoms with van der Waals surface area (Å²) in [7, 11) is 0. The van der Waals surface area contributed by atoms with Gasteiger partial charge in [0.25, 0.3) is 5.91 Å². The Hall–Kier alpha value is -3.46. The molecule has 0 radical (unpaired) electrons. The molecule has 1 aliphatic carbocycles. The molecular formula is C30H41N5O. The molecule has 0 saturated heterocycles. The molecule has 1 amide bonds. The number of hydrazone groups is 1. The fourth-order valence-electron chi connectivity index (χ4n) is 4.24. The molecular weight excluding hydrogens is 446 g/mol. The van der Waals surface area contributed by atoms with Crippen LogP contribution in [0.4, 0.5) is 0 Å². The van der Waals surface area contributed by atoms with Crippen molar-refractivity contribution >= 4 is 17.8 Å². The fourth-order valence-corrected chi connectivity index (χ4v) is 4.24. The van der Waals surface area contributed by atoms with Crippen molar-refractivity contribution in [2.45, 2.75) is 91.1 Å². The van der Waals surface area contributed by atoms with E-state index in [9.17, 15) is 10.1 Å². The van der Waals surface area contributed by atoms with Gasteiger partial charge >= 0.3 is 0 Å². The van der Waals surface area contributed by atoms with Crippen LogP contribution in [0.25, 0.3) is 0 Å². The van der Waals surface area contributed by atoms with Gasteiger partial charge in [-0.25, -0.2) is 0 Å². The van der Waals surface area contributed by atoms with Crippen LogP contribution >= 0.6 is 0 Å². The summed E-state index contributed by atoms with van der Waals surface area (Å²) in [5.41, 5.74) is 5.50. The van der Waals surface area contributed by atoms with Gasteiger partial charge in [0.15, 0.2) is 5.71 Å². The summed E-state index contributed by atoms with van der Waals surface area (Å²) in [5, 5.41) is 16.2. The number of hydrogen-bond donors (Lipinski definition) is 2. The summed E-state index contributed by atoms with van der Waals surface area (Å²) >= 11 is 0. The van der Waals surface area contributed by atoms with Crippen LogP contribution in [-0.2, 0) is 11.2 Å². The van der Waals surface area contributed by atoms with Gasteiger partial charge in [0, 0.05) is 6.04 Å². The molecule has 6 nitrogen and oxygen atoms in total. The molecule has 192 valence electrons. The second-order valence-electron chi connectivity index (χ2n) is 9.43. The maximum atomic E-state index is 12.8. The Morgan fingerprint density at radius 1 is 1.28 bits per heavy atom. The van der Waals surface area contributed by atoms with Crippen LogP contribution in [0.2, 0.25) is 0 Å². The summed E-state index contributed by atoms with van der Waals surface area (Å²) in [6.07, 6.45) is 15.5. The minimum atomic E-state index is -0.326. The van der Waals surface area contributed by atoms with Crippen molar-refractivity contribution in [1.82, 2.24) is 5.32 Å². The number of aryl methyl sites for hydroxylation is 1. The van der Waals surface area contributed by atoms with E-state index in [1.165, 1.54) is 17.4 Å². The second kappa shape index (κ2) is 14.8. The molecule has 36 heavy (non-hydrogen) atoms. The molecule has 1 atom stereocenters. The topological polar surface area (TPSA) is 104 Å². The molecule has 1 aromatic rings. The third-order valence-corrected chi connectivity index (χ3v) is 6.58. The lowest BCUT2D eigenvalue weighted by molar-refractivity contribution is -0.115. The Morgan fingerprint density at radius 3 is 2.64 bits per heavy atom. The van der Waals surface area contributed by atoms with E-state index in [2.05, 4.69) is 79.5 Å². The fraction of sp³-hybridized carbons (Fsp3) is 0.467. The van der Waals surface area contributed by atoms with Crippen molar-refractivity contribution in [3.05, 3.63) is 70.3 Å². The maximum Gasteiger partial charge on any atom is 0.273 e. The van der Waals surface area contributed by atoms with Crippen LogP contribution in [0, 0.1) is 11.3 Å². The van der Waals surface area contributed by atoms with Gasteiger partial charge in [0.2, 0.25) is 0 Å². The molecule has 0 bridgehead atoms. The number of carbonyl (C=O) groups is 1. The van der Waals surface area contributed by atoms with Crippen LogP contribution < -0.4 is 11.2 Å². The average Bonchev–Trinajstić information content (AvgIpc) is 2.85. The predicted octanol–water partition coefficient (Wildman–Crippen LogP) is 5.90. The molecule has 1 fully saturated rings. The molecule has 3 N–H and O–H groups in total. The predicted molar refractivity (Wildman–Crippen MR) is 150 cm³/mol. The number of benzene rings is 1. The van der Waals surface area contributed by atoms with Crippen molar-refractivity contribution in [1.29, 1.82) is 5.26 Å². The summed E-state index contributed by atoms with van der Waals surface area (Å²) in [4.78, 5) is 17.3. The number of aliphatic imine (C=N–C) groups is 1. The number of hydrogen-bond acceptors (Lipinski definition) is 5. The first-order valence-electron chi connectivity index (χ1n) is 13.0. The van der Waals surface area contributed by atoms with E-state index in [-0.39, 0.29) is 29.6 Å². The van der Waals surface area contributed by atoms with Crippen LogP contribution in [0.1, 0.15) is 89.3 Å². The van der Waals surface area contributed by atoms with Gasteiger partial charge in [0.05, 0.1) is 23.9 Å². The second-order valence-corrected chi connectivity index (χ2v) is 9.43. The third kappa shape index (κ3) is 8.34. The molecule has 1 aliphatic rings.